The molecule has 0 aromatic heterocycles. The first-order valence-corrected chi connectivity index (χ1v) is 11.7. The van der Waals surface area contributed by atoms with E-state index in [0.717, 1.165) is 24.2 Å². The highest BCUT2D eigenvalue weighted by atomic mass is 16.5. The SMILES string of the molecule is CCCCCCCCCNC(=O)COc1cccc2c1C(=O)N(C1CCC(=O)NC1=O)C2=O. The summed E-state index contributed by atoms with van der Waals surface area (Å²) in [5.41, 5.74) is 0.151. The number of imide groups is 2. The van der Waals surface area contributed by atoms with Gasteiger partial charge in [-0.05, 0) is 25.0 Å². The van der Waals surface area contributed by atoms with Crippen molar-refractivity contribution in [3.63, 3.8) is 0 Å². The lowest BCUT2D eigenvalue weighted by atomic mass is 10.0. The van der Waals surface area contributed by atoms with Crippen LogP contribution in [0.1, 0.15) is 85.4 Å². The van der Waals surface area contributed by atoms with Gasteiger partial charge in [-0.3, -0.25) is 34.2 Å². The number of hydrogen-bond acceptors (Lipinski definition) is 6. The monoisotopic (exact) mass is 457 g/mol. The molecule has 5 amide bonds. The summed E-state index contributed by atoms with van der Waals surface area (Å²) in [7, 11) is 0. The first kappa shape index (κ1) is 24.4. The molecule has 2 aliphatic rings. The highest BCUT2D eigenvalue weighted by molar-refractivity contribution is 6.24. The Morgan fingerprint density at radius 3 is 2.52 bits per heavy atom. The molecular weight excluding hydrogens is 426 g/mol. The van der Waals surface area contributed by atoms with Crippen molar-refractivity contribution in [1.82, 2.24) is 15.5 Å². The Kier molecular flexibility index (Phi) is 8.57. The first-order chi connectivity index (χ1) is 15.9. The molecule has 1 fully saturated rings. The smallest absolute Gasteiger partial charge is 0.266 e. The Hall–Kier alpha value is -3.23. The zero-order valence-corrected chi connectivity index (χ0v) is 19.0. The Morgan fingerprint density at radius 2 is 1.79 bits per heavy atom. The van der Waals surface area contributed by atoms with Crippen LogP contribution in [0.3, 0.4) is 0 Å². The van der Waals surface area contributed by atoms with E-state index in [0.29, 0.717) is 6.54 Å². The minimum Gasteiger partial charge on any atom is -0.483 e. The van der Waals surface area contributed by atoms with E-state index in [-0.39, 0.29) is 42.2 Å². The van der Waals surface area contributed by atoms with E-state index in [9.17, 15) is 24.0 Å². The average molecular weight is 458 g/mol. The molecule has 0 aliphatic carbocycles. The Labute approximate surface area is 193 Å². The Balaban J connectivity index is 1.52. The van der Waals surface area contributed by atoms with E-state index >= 15 is 0 Å². The molecule has 1 aromatic rings. The molecule has 0 spiro atoms. The van der Waals surface area contributed by atoms with Crippen molar-refractivity contribution < 1.29 is 28.7 Å². The van der Waals surface area contributed by atoms with Crippen LogP contribution in [0.15, 0.2) is 18.2 Å². The van der Waals surface area contributed by atoms with Crippen LogP contribution in [0.2, 0.25) is 0 Å². The number of rotatable bonds is 12. The van der Waals surface area contributed by atoms with Gasteiger partial charge in [0.05, 0.1) is 11.1 Å². The number of carbonyl (C=O) groups excluding carboxylic acids is 5. The molecule has 1 unspecified atom stereocenters. The number of nitrogens with zero attached hydrogens (tertiary/aromatic N) is 1. The molecule has 0 radical (unpaired) electrons. The minimum atomic E-state index is -1.05. The number of piperidine rings is 1. The fraction of sp³-hybridized carbons (Fsp3) is 0.542. The number of ether oxygens (including phenoxy) is 1. The summed E-state index contributed by atoms with van der Waals surface area (Å²) < 4.78 is 5.57. The zero-order valence-electron chi connectivity index (χ0n) is 19.0. The van der Waals surface area contributed by atoms with Crippen LogP contribution in [0.5, 0.6) is 5.75 Å². The molecule has 33 heavy (non-hydrogen) atoms. The fourth-order valence-corrected chi connectivity index (χ4v) is 4.11. The number of hydrogen-bond donors (Lipinski definition) is 2. The van der Waals surface area contributed by atoms with Gasteiger partial charge in [-0.25, -0.2) is 0 Å². The van der Waals surface area contributed by atoms with Gasteiger partial charge in [0, 0.05) is 13.0 Å². The minimum absolute atomic E-state index is 0.0343. The summed E-state index contributed by atoms with van der Waals surface area (Å²) in [6.07, 6.45) is 8.18. The van der Waals surface area contributed by atoms with Gasteiger partial charge in [0.2, 0.25) is 11.8 Å². The lowest BCUT2D eigenvalue weighted by molar-refractivity contribution is -0.136. The van der Waals surface area contributed by atoms with E-state index in [1.54, 1.807) is 6.07 Å². The molecular formula is C24H31N3O6. The third-order valence-electron chi connectivity index (χ3n) is 5.89. The predicted octanol–water partition coefficient (Wildman–Crippen LogP) is 2.33. The molecule has 3 rings (SSSR count). The molecule has 9 heteroatoms. The van der Waals surface area contributed by atoms with Crippen LogP contribution >= 0.6 is 0 Å². The number of unbranched alkanes of at least 4 members (excludes halogenated alkanes) is 6. The Bertz CT molecular complexity index is 929. The highest BCUT2D eigenvalue weighted by Crippen LogP contribution is 2.33. The van der Waals surface area contributed by atoms with Gasteiger partial charge in [-0.2, -0.15) is 0 Å². The second kappa shape index (κ2) is 11.6. The quantitative estimate of drug-likeness (QED) is 0.367. The van der Waals surface area contributed by atoms with Gasteiger partial charge in [0.15, 0.2) is 6.61 Å². The van der Waals surface area contributed by atoms with Crippen molar-refractivity contribution in [2.75, 3.05) is 13.2 Å². The summed E-state index contributed by atoms with van der Waals surface area (Å²) in [6.45, 7) is 2.46. The molecule has 1 saturated heterocycles. The largest absolute Gasteiger partial charge is 0.483 e. The van der Waals surface area contributed by atoms with Gasteiger partial charge >= 0.3 is 0 Å². The standard InChI is InChI=1S/C24H31N3O6/c1-2-3-4-5-6-7-8-14-25-20(29)15-33-18-11-9-10-16-21(18)24(32)27(23(16)31)17-12-13-19(28)26-22(17)30/h9-11,17H,2-8,12-15H2,1H3,(H,25,29)(H,26,28,30). The second-order valence-corrected chi connectivity index (χ2v) is 8.39. The molecule has 1 atom stereocenters. The van der Waals surface area contributed by atoms with Crippen LogP contribution < -0.4 is 15.4 Å². The molecule has 0 saturated carbocycles. The Morgan fingerprint density at radius 1 is 1.06 bits per heavy atom. The predicted molar refractivity (Wildman–Crippen MR) is 120 cm³/mol. The van der Waals surface area contributed by atoms with Gasteiger partial charge in [0.25, 0.3) is 17.7 Å². The lowest BCUT2D eigenvalue weighted by Crippen LogP contribution is -2.54. The van der Waals surface area contributed by atoms with Crippen molar-refractivity contribution >= 4 is 29.5 Å². The molecule has 9 nitrogen and oxygen atoms in total. The average Bonchev–Trinajstić information content (AvgIpc) is 3.05. The van der Waals surface area contributed by atoms with Gasteiger partial charge in [0.1, 0.15) is 11.8 Å². The van der Waals surface area contributed by atoms with Crippen molar-refractivity contribution in [2.45, 2.75) is 70.8 Å². The lowest BCUT2D eigenvalue weighted by Gasteiger charge is -2.27. The summed E-state index contributed by atoms with van der Waals surface area (Å²) in [4.78, 5) is 62.4. The normalized spacial score (nSPS) is 17.7. The van der Waals surface area contributed by atoms with E-state index in [4.69, 9.17) is 4.74 Å². The molecule has 1 aromatic carbocycles. The number of amides is 5. The fourth-order valence-electron chi connectivity index (χ4n) is 4.11. The molecule has 2 N–H and O–H groups in total. The van der Waals surface area contributed by atoms with Crippen molar-refractivity contribution in [3.8, 4) is 5.75 Å². The number of benzene rings is 1. The van der Waals surface area contributed by atoms with Crippen molar-refractivity contribution in [2.24, 2.45) is 0 Å². The van der Waals surface area contributed by atoms with Crippen LogP contribution in [0.4, 0.5) is 0 Å². The van der Waals surface area contributed by atoms with E-state index in [1.165, 1.54) is 37.8 Å². The third kappa shape index (κ3) is 5.97. The summed E-state index contributed by atoms with van der Waals surface area (Å²) in [5, 5.41) is 4.96. The topological polar surface area (TPSA) is 122 Å². The van der Waals surface area contributed by atoms with Gasteiger partial charge < -0.3 is 10.1 Å². The summed E-state index contributed by atoms with van der Waals surface area (Å²) >= 11 is 0. The molecule has 2 aliphatic heterocycles. The maximum absolute atomic E-state index is 13.0. The van der Waals surface area contributed by atoms with Crippen LogP contribution in [-0.4, -0.2) is 53.6 Å². The van der Waals surface area contributed by atoms with Crippen molar-refractivity contribution in [3.05, 3.63) is 29.3 Å². The maximum Gasteiger partial charge on any atom is 0.266 e. The van der Waals surface area contributed by atoms with Gasteiger partial charge in [-0.1, -0.05) is 51.5 Å². The maximum atomic E-state index is 13.0. The van der Waals surface area contributed by atoms with Crippen molar-refractivity contribution in [1.29, 1.82) is 0 Å². The number of fused-ring (bicyclic) bond motifs is 1. The highest BCUT2D eigenvalue weighted by Gasteiger charge is 2.46. The van der Waals surface area contributed by atoms with Gasteiger partial charge in [-0.15, -0.1) is 0 Å². The molecule has 2 heterocycles. The second-order valence-electron chi connectivity index (χ2n) is 8.39. The summed E-state index contributed by atoms with van der Waals surface area (Å²) in [5.74, 6) is -2.57. The summed E-state index contributed by atoms with van der Waals surface area (Å²) in [6, 6.07) is 3.51. The molecule has 178 valence electrons. The third-order valence-corrected chi connectivity index (χ3v) is 5.89. The van der Waals surface area contributed by atoms with Crippen LogP contribution in [0.25, 0.3) is 0 Å². The van der Waals surface area contributed by atoms with Crippen LogP contribution in [-0.2, 0) is 14.4 Å². The number of carbonyl (C=O) groups is 5. The zero-order chi connectivity index (χ0) is 23.8. The first-order valence-electron chi connectivity index (χ1n) is 11.7. The van der Waals surface area contributed by atoms with E-state index in [2.05, 4.69) is 17.6 Å². The van der Waals surface area contributed by atoms with Crippen LogP contribution in [0, 0.1) is 0 Å². The van der Waals surface area contributed by atoms with E-state index < -0.39 is 29.7 Å². The number of nitrogens with one attached hydrogen (secondary N) is 2. The van der Waals surface area contributed by atoms with E-state index in [1.807, 2.05) is 0 Å². The molecule has 0 bridgehead atoms.